The van der Waals surface area contributed by atoms with Gasteiger partial charge in [0, 0.05) is 23.0 Å². The van der Waals surface area contributed by atoms with E-state index in [0.717, 1.165) is 0 Å². The topological polar surface area (TPSA) is 83.6 Å². The largest absolute Gasteiger partial charge is 0.507 e. The summed E-state index contributed by atoms with van der Waals surface area (Å²) in [6, 6.07) is 12.5. The predicted octanol–water partition coefficient (Wildman–Crippen LogP) is 3.95. The number of aliphatic hydroxyl groups excluding tert-OH is 1. The Morgan fingerprint density at radius 3 is 2.57 bits per heavy atom. The summed E-state index contributed by atoms with van der Waals surface area (Å²) in [5, 5.41) is 11.4. The highest BCUT2D eigenvalue weighted by atomic mass is 35.5. The molecule has 3 aromatic rings. The Hall–Kier alpha value is -3.38. The van der Waals surface area contributed by atoms with Crippen LogP contribution in [-0.4, -0.2) is 26.7 Å². The molecule has 7 heteroatoms. The molecule has 1 aliphatic rings. The van der Waals surface area contributed by atoms with Crippen LogP contribution in [0.25, 0.3) is 5.76 Å². The van der Waals surface area contributed by atoms with E-state index >= 15 is 0 Å². The minimum atomic E-state index is -0.783. The highest BCUT2D eigenvalue weighted by Gasteiger charge is 2.46. The number of rotatable bonds is 4. The fourth-order valence-corrected chi connectivity index (χ4v) is 3.39. The molecule has 28 heavy (non-hydrogen) atoms. The van der Waals surface area contributed by atoms with Crippen molar-refractivity contribution >= 4 is 29.1 Å². The van der Waals surface area contributed by atoms with Crippen molar-refractivity contribution in [2.24, 2.45) is 0 Å². The summed E-state index contributed by atoms with van der Waals surface area (Å²) in [6.07, 6.45) is 4.67. The Morgan fingerprint density at radius 2 is 1.93 bits per heavy atom. The second-order valence-corrected chi connectivity index (χ2v) is 6.74. The molecule has 1 N–H and O–H groups in total. The monoisotopic (exact) mass is 394 g/mol. The molecule has 1 aliphatic heterocycles. The first kappa shape index (κ1) is 18.0. The predicted molar refractivity (Wildman–Crippen MR) is 102 cm³/mol. The highest BCUT2D eigenvalue weighted by Crippen LogP contribution is 2.40. The average Bonchev–Trinajstić information content (AvgIpc) is 3.31. The molecular formula is C21H15ClN2O4. The van der Waals surface area contributed by atoms with E-state index in [1.54, 1.807) is 60.9 Å². The Labute approximate surface area is 165 Å². The van der Waals surface area contributed by atoms with Crippen LogP contribution < -0.4 is 0 Å². The molecule has 0 radical (unpaired) electrons. The first-order valence-corrected chi connectivity index (χ1v) is 8.90. The number of nitrogens with zero attached hydrogens (tertiary/aromatic N) is 2. The lowest BCUT2D eigenvalue weighted by atomic mass is 9.96. The van der Waals surface area contributed by atoms with Gasteiger partial charge in [-0.2, -0.15) is 0 Å². The van der Waals surface area contributed by atoms with Crippen LogP contribution in [0.3, 0.4) is 0 Å². The third-order valence-electron chi connectivity index (χ3n) is 4.56. The lowest BCUT2D eigenvalue weighted by Gasteiger charge is -2.24. The van der Waals surface area contributed by atoms with E-state index in [0.29, 0.717) is 21.9 Å². The van der Waals surface area contributed by atoms with Crippen LogP contribution in [0.5, 0.6) is 0 Å². The maximum Gasteiger partial charge on any atom is 0.296 e. The summed E-state index contributed by atoms with van der Waals surface area (Å²) >= 11 is 5.91. The number of hydrogen-bond acceptors (Lipinski definition) is 5. The van der Waals surface area contributed by atoms with E-state index in [-0.39, 0.29) is 17.9 Å². The molecule has 140 valence electrons. The number of amides is 1. The number of pyridine rings is 1. The lowest BCUT2D eigenvalue weighted by molar-refractivity contribution is -0.140. The molecule has 0 unspecified atom stereocenters. The van der Waals surface area contributed by atoms with Gasteiger partial charge in [-0.15, -0.1) is 0 Å². The van der Waals surface area contributed by atoms with Crippen LogP contribution in [0, 0.1) is 0 Å². The summed E-state index contributed by atoms with van der Waals surface area (Å²) in [6.45, 7) is 0.0918. The number of likely N-dealkylation sites (tertiary alicyclic amines) is 1. The summed E-state index contributed by atoms with van der Waals surface area (Å²) in [5.74, 6) is -1.19. The van der Waals surface area contributed by atoms with Crippen molar-refractivity contribution in [1.82, 2.24) is 9.88 Å². The van der Waals surface area contributed by atoms with Gasteiger partial charge < -0.3 is 14.4 Å². The van der Waals surface area contributed by atoms with Crippen LogP contribution in [0.4, 0.5) is 0 Å². The minimum Gasteiger partial charge on any atom is -0.507 e. The van der Waals surface area contributed by atoms with Crippen LogP contribution in [0.15, 0.2) is 77.2 Å². The van der Waals surface area contributed by atoms with E-state index in [2.05, 4.69) is 4.98 Å². The number of hydrogen-bond donors (Lipinski definition) is 1. The van der Waals surface area contributed by atoms with Crippen molar-refractivity contribution in [3.8, 4) is 0 Å². The van der Waals surface area contributed by atoms with Crippen molar-refractivity contribution in [3.05, 3.63) is 94.7 Å². The number of halogens is 1. The fraction of sp³-hybridized carbons (Fsp3) is 0.0952. The highest BCUT2D eigenvalue weighted by molar-refractivity contribution is 6.46. The molecule has 6 nitrogen and oxygen atoms in total. The molecule has 1 saturated heterocycles. The van der Waals surface area contributed by atoms with Gasteiger partial charge in [-0.05, 0) is 48.0 Å². The molecule has 2 aromatic heterocycles. The standard InChI is InChI=1S/C21H15ClN2O4/c22-15-7-5-13(6-8-15)19(25)17-18(14-3-1-9-23-11-14)24(21(27)20(17)26)12-16-4-2-10-28-16/h1-11,18,25H,12H2/b19-17+/t18-/m1/s1. The zero-order chi connectivity index (χ0) is 19.7. The zero-order valence-electron chi connectivity index (χ0n) is 14.6. The Bertz CT molecular complexity index is 1040. The zero-order valence-corrected chi connectivity index (χ0v) is 15.3. The van der Waals surface area contributed by atoms with Crippen molar-refractivity contribution < 1.29 is 19.1 Å². The van der Waals surface area contributed by atoms with E-state index in [1.807, 2.05) is 0 Å². The van der Waals surface area contributed by atoms with Gasteiger partial charge in [0.05, 0.1) is 24.4 Å². The fourth-order valence-electron chi connectivity index (χ4n) is 3.26. The Morgan fingerprint density at radius 1 is 1.14 bits per heavy atom. The summed E-state index contributed by atoms with van der Waals surface area (Å²) in [5.41, 5.74) is 1.02. The van der Waals surface area contributed by atoms with E-state index in [4.69, 9.17) is 16.0 Å². The molecule has 3 heterocycles. The van der Waals surface area contributed by atoms with Gasteiger partial charge in [0.25, 0.3) is 11.7 Å². The number of ketones is 1. The molecule has 1 atom stereocenters. The van der Waals surface area contributed by atoms with E-state index < -0.39 is 17.7 Å². The van der Waals surface area contributed by atoms with Crippen molar-refractivity contribution in [2.45, 2.75) is 12.6 Å². The molecular weight excluding hydrogens is 380 g/mol. The Kier molecular flexibility index (Phi) is 4.71. The Balaban J connectivity index is 1.85. The van der Waals surface area contributed by atoms with Crippen LogP contribution in [0.1, 0.15) is 22.9 Å². The van der Waals surface area contributed by atoms with Crippen LogP contribution in [-0.2, 0) is 16.1 Å². The van der Waals surface area contributed by atoms with Gasteiger partial charge in [-0.25, -0.2) is 0 Å². The molecule has 0 aliphatic carbocycles. The van der Waals surface area contributed by atoms with Crippen LogP contribution in [0.2, 0.25) is 5.02 Å². The van der Waals surface area contributed by atoms with Crippen molar-refractivity contribution in [1.29, 1.82) is 0 Å². The van der Waals surface area contributed by atoms with E-state index in [9.17, 15) is 14.7 Å². The van der Waals surface area contributed by atoms with Crippen molar-refractivity contribution in [3.63, 3.8) is 0 Å². The van der Waals surface area contributed by atoms with Gasteiger partial charge in [-0.3, -0.25) is 14.6 Å². The number of carbonyl (C=O) groups is 2. The quantitative estimate of drug-likeness (QED) is 0.411. The molecule has 4 rings (SSSR count). The summed E-state index contributed by atoms with van der Waals surface area (Å²) in [4.78, 5) is 31.1. The minimum absolute atomic E-state index is 0.00637. The van der Waals surface area contributed by atoms with Gasteiger partial charge in [0.1, 0.15) is 11.5 Å². The number of carbonyl (C=O) groups excluding carboxylic acids is 2. The van der Waals surface area contributed by atoms with Crippen molar-refractivity contribution in [2.75, 3.05) is 0 Å². The van der Waals surface area contributed by atoms with Crippen LogP contribution >= 0.6 is 11.6 Å². The maximum absolute atomic E-state index is 12.8. The smallest absolute Gasteiger partial charge is 0.296 e. The first-order valence-electron chi connectivity index (χ1n) is 8.53. The van der Waals surface area contributed by atoms with Gasteiger partial charge in [0.15, 0.2) is 0 Å². The molecule has 0 saturated carbocycles. The number of aromatic nitrogens is 1. The second kappa shape index (κ2) is 7.32. The number of aliphatic hydroxyl groups is 1. The van der Waals surface area contributed by atoms with Gasteiger partial charge in [-0.1, -0.05) is 17.7 Å². The summed E-state index contributed by atoms with van der Waals surface area (Å²) in [7, 11) is 0. The van der Waals surface area contributed by atoms with E-state index in [1.165, 1.54) is 11.2 Å². The lowest BCUT2D eigenvalue weighted by Crippen LogP contribution is -2.29. The van der Waals surface area contributed by atoms with Gasteiger partial charge in [0.2, 0.25) is 0 Å². The number of benzene rings is 1. The summed E-state index contributed by atoms with van der Waals surface area (Å²) < 4.78 is 5.34. The number of furan rings is 1. The maximum atomic E-state index is 12.8. The van der Waals surface area contributed by atoms with Gasteiger partial charge >= 0.3 is 0 Å². The molecule has 1 amide bonds. The molecule has 0 bridgehead atoms. The SMILES string of the molecule is O=C1C(=O)N(Cc2ccco2)[C@H](c2cccnc2)/C1=C(\O)c1ccc(Cl)cc1. The second-order valence-electron chi connectivity index (χ2n) is 6.30. The first-order chi connectivity index (χ1) is 13.6. The molecule has 1 aromatic carbocycles. The third-order valence-corrected chi connectivity index (χ3v) is 4.82. The number of Topliss-reactive ketones (excluding diaryl/α,β-unsaturated/α-hetero) is 1. The molecule has 1 fully saturated rings. The average molecular weight is 395 g/mol. The molecule has 0 spiro atoms. The normalized spacial score (nSPS) is 18.6. The third kappa shape index (κ3) is 3.18.